The van der Waals surface area contributed by atoms with Gasteiger partial charge in [-0.05, 0) is 43.0 Å². The first-order chi connectivity index (χ1) is 11.3. The molecule has 8 nitrogen and oxygen atoms in total. The molecule has 0 aliphatic carbocycles. The number of phenols is 1. The van der Waals surface area contributed by atoms with E-state index in [0.717, 1.165) is 6.42 Å². The van der Waals surface area contributed by atoms with Gasteiger partial charge in [-0.1, -0.05) is 12.0 Å². The maximum atomic E-state index is 11.7. The van der Waals surface area contributed by atoms with Crippen LogP contribution < -0.4 is 5.32 Å². The van der Waals surface area contributed by atoms with E-state index in [1.165, 1.54) is 24.3 Å². The predicted octanol–water partition coefficient (Wildman–Crippen LogP) is 3.43. The number of benzene rings is 2. The van der Waals surface area contributed by atoms with Crippen LogP contribution in [0.25, 0.3) is 10.8 Å². The van der Waals surface area contributed by atoms with Crippen LogP contribution in [0.15, 0.2) is 34.1 Å². The Morgan fingerprint density at radius 3 is 2.58 bits per heavy atom. The lowest BCUT2D eigenvalue weighted by Crippen LogP contribution is -2.16. The van der Waals surface area contributed by atoms with E-state index in [0.29, 0.717) is 27.7 Å². The molecule has 10 heteroatoms. The zero-order valence-electron chi connectivity index (χ0n) is 12.9. The van der Waals surface area contributed by atoms with Crippen LogP contribution in [0.5, 0.6) is 5.75 Å². The molecule has 132 valence electrons. The third-order valence-electron chi connectivity index (χ3n) is 3.46. The molecule has 2 rings (SSSR count). The van der Waals surface area contributed by atoms with Crippen molar-refractivity contribution in [1.29, 1.82) is 0 Å². The topological polar surface area (TPSA) is 125 Å². The largest absolute Gasteiger partial charge is 0.507 e. The molecule has 0 aliphatic heterocycles. The average molecular weight is 375 g/mol. The summed E-state index contributed by atoms with van der Waals surface area (Å²) in [5.41, 5.74) is 0.199. The molecule has 4 N–H and O–H groups in total. The van der Waals surface area contributed by atoms with E-state index in [2.05, 4.69) is 14.7 Å². The lowest BCUT2D eigenvalue weighted by atomic mass is 10.1. The Kier molecular flexibility index (Phi) is 5.91. The van der Waals surface area contributed by atoms with Gasteiger partial charge in [-0.15, -0.1) is 4.33 Å². The maximum Gasteiger partial charge on any atom is 0.296 e. The van der Waals surface area contributed by atoms with Crippen LogP contribution in [0, 0.1) is 0 Å². The second-order valence-electron chi connectivity index (χ2n) is 5.17. The van der Waals surface area contributed by atoms with Gasteiger partial charge >= 0.3 is 0 Å². The summed E-state index contributed by atoms with van der Waals surface area (Å²) < 4.78 is 37.1. The monoisotopic (exact) mass is 375 g/mol. The standard InChI is InChI=1S/C14H17NO7S2/c1-3-8(2)15-12-7-11-9(5-14(12)24(18,19)20)4-10(6-13(11)16)23-22-21-17/h4-8,15-17H,3H2,1-2H3,(H,18,19,20). The van der Waals surface area contributed by atoms with Gasteiger partial charge in [0.25, 0.3) is 10.1 Å². The highest BCUT2D eigenvalue weighted by Crippen LogP contribution is 2.36. The molecule has 1 unspecified atom stereocenters. The zero-order chi connectivity index (χ0) is 17.9. The summed E-state index contributed by atoms with van der Waals surface area (Å²) in [6.07, 6.45) is 0.739. The van der Waals surface area contributed by atoms with Crippen molar-refractivity contribution in [3.8, 4) is 5.75 Å². The van der Waals surface area contributed by atoms with Gasteiger partial charge in [0.15, 0.2) is 0 Å². The summed E-state index contributed by atoms with van der Waals surface area (Å²) in [4.78, 5) is 0.0640. The summed E-state index contributed by atoms with van der Waals surface area (Å²) in [6.45, 7) is 3.79. The number of phenolic OH excluding ortho intramolecular Hbond substituents is 1. The molecule has 0 saturated heterocycles. The third kappa shape index (κ3) is 4.29. The Morgan fingerprint density at radius 1 is 1.29 bits per heavy atom. The van der Waals surface area contributed by atoms with E-state index < -0.39 is 10.1 Å². The Bertz CT molecular complexity index is 839. The summed E-state index contributed by atoms with van der Waals surface area (Å²) in [7, 11) is -4.47. The second kappa shape index (κ2) is 7.55. The Morgan fingerprint density at radius 2 is 2.00 bits per heavy atom. The number of aromatic hydroxyl groups is 1. The van der Waals surface area contributed by atoms with Gasteiger partial charge in [-0.2, -0.15) is 8.42 Å². The van der Waals surface area contributed by atoms with E-state index in [1.54, 1.807) is 0 Å². The van der Waals surface area contributed by atoms with Gasteiger partial charge in [0.2, 0.25) is 0 Å². The SMILES string of the molecule is CCC(C)Nc1cc2c(O)cc(SOOO)cc2cc1S(=O)(=O)O. The molecule has 0 aliphatic rings. The van der Waals surface area contributed by atoms with Crippen molar-refractivity contribution < 1.29 is 32.7 Å². The molecule has 2 aromatic carbocycles. The molecule has 0 radical (unpaired) electrons. The summed E-state index contributed by atoms with van der Waals surface area (Å²) in [5.74, 6) is -0.120. The van der Waals surface area contributed by atoms with Crippen molar-refractivity contribution in [3.63, 3.8) is 0 Å². The first-order valence-corrected chi connectivity index (χ1v) is 9.14. The van der Waals surface area contributed by atoms with Crippen LogP contribution in [0.2, 0.25) is 0 Å². The smallest absolute Gasteiger partial charge is 0.296 e. The molecule has 0 spiro atoms. The van der Waals surface area contributed by atoms with Crippen LogP contribution >= 0.6 is 12.0 Å². The molecule has 1 atom stereocenters. The van der Waals surface area contributed by atoms with Crippen LogP contribution in [-0.2, 0) is 19.5 Å². The molecule has 0 amide bonds. The Hall–Kier alpha value is -1.56. The van der Waals surface area contributed by atoms with Gasteiger partial charge in [-0.3, -0.25) is 4.55 Å². The van der Waals surface area contributed by atoms with Crippen LogP contribution in [0.4, 0.5) is 5.69 Å². The van der Waals surface area contributed by atoms with E-state index in [4.69, 9.17) is 5.26 Å². The first-order valence-electron chi connectivity index (χ1n) is 6.95. The van der Waals surface area contributed by atoms with Gasteiger partial charge in [0.05, 0.1) is 17.7 Å². The van der Waals surface area contributed by atoms with Crippen molar-refractivity contribution in [2.45, 2.75) is 36.1 Å². The minimum atomic E-state index is -4.47. The highest BCUT2D eigenvalue weighted by Gasteiger charge is 2.19. The molecular weight excluding hydrogens is 358 g/mol. The Labute approximate surface area is 143 Å². The maximum absolute atomic E-state index is 11.7. The van der Waals surface area contributed by atoms with E-state index in [1.807, 2.05) is 13.8 Å². The third-order valence-corrected chi connectivity index (χ3v) is 4.91. The van der Waals surface area contributed by atoms with E-state index in [-0.39, 0.29) is 22.4 Å². The highest BCUT2D eigenvalue weighted by atomic mass is 32.2. The minimum Gasteiger partial charge on any atom is -0.507 e. The van der Waals surface area contributed by atoms with Gasteiger partial charge < -0.3 is 10.4 Å². The molecule has 0 saturated carbocycles. The fourth-order valence-electron chi connectivity index (χ4n) is 2.14. The molecule has 0 bridgehead atoms. The first kappa shape index (κ1) is 18.8. The summed E-state index contributed by atoms with van der Waals surface area (Å²) in [5, 5.41) is 25.6. The second-order valence-corrected chi connectivity index (χ2v) is 7.33. The number of rotatable bonds is 7. The Balaban J connectivity index is 2.63. The van der Waals surface area contributed by atoms with Crippen molar-refractivity contribution in [3.05, 3.63) is 24.3 Å². The minimum absolute atomic E-state index is 0.0324. The molecular formula is C14H17NO7S2. The average Bonchev–Trinajstić information content (AvgIpc) is 2.51. The number of hydrogen-bond acceptors (Lipinski definition) is 8. The lowest BCUT2D eigenvalue weighted by molar-refractivity contribution is -0.432. The van der Waals surface area contributed by atoms with Crippen molar-refractivity contribution in [1.82, 2.24) is 0 Å². The van der Waals surface area contributed by atoms with Crippen molar-refractivity contribution in [2.24, 2.45) is 0 Å². The fraction of sp³-hybridized carbons (Fsp3) is 0.286. The molecule has 0 fully saturated rings. The van der Waals surface area contributed by atoms with Crippen LogP contribution in [0.3, 0.4) is 0 Å². The number of hydrogen-bond donors (Lipinski definition) is 4. The van der Waals surface area contributed by atoms with Crippen LogP contribution in [-0.4, -0.2) is 29.4 Å². The summed E-state index contributed by atoms with van der Waals surface area (Å²) >= 11 is 0.621. The van der Waals surface area contributed by atoms with Crippen LogP contribution in [0.1, 0.15) is 20.3 Å². The molecule has 0 heterocycles. The number of nitrogens with one attached hydrogen (secondary N) is 1. The van der Waals surface area contributed by atoms with Gasteiger partial charge in [0.1, 0.15) is 10.6 Å². The molecule has 2 aromatic rings. The molecule has 0 aromatic heterocycles. The summed E-state index contributed by atoms with van der Waals surface area (Å²) in [6, 6.07) is 5.55. The van der Waals surface area contributed by atoms with Crippen molar-refractivity contribution in [2.75, 3.05) is 5.32 Å². The molecule has 24 heavy (non-hydrogen) atoms. The zero-order valence-corrected chi connectivity index (χ0v) is 14.5. The fourth-order valence-corrected chi connectivity index (χ4v) is 3.26. The normalized spacial score (nSPS) is 13.2. The van der Waals surface area contributed by atoms with Gasteiger partial charge in [-0.25, -0.2) is 5.26 Å². The van der Waals surface area contributed by atoms with Gasteiger partial charge in [0, 0.05) is 16.3 Å². The lowest BCUT2D eigenvalue weighted by Gasteiger charge is -2.17. The van der Waals surface area contributed by atoms with E-state index in [9.17, 15) is 18.1 Å². The predicted molar refractivity (Wildman–Crippen MR) is 89.5 cm³/mol. The number of anilines is 1. The van der Waals surface area contributed by atoms with Crippen molar-refractivity contribution >= 4 is 38.6 Å². The quantitative estimate of drug-likeness (QED) is 0.249. The van der Waals surface area contributed by atoms with E-state index >= 15 is 0 Å². The highest BCUT2D eigenvalue weighted by molar-refractivity contribution is 7.94. The number of fused-ring (bicyclic) bond motifs is 1.